The first kappa shape index (κ1) is 15.8. The van der Waals surface area contributed by atoms with Gasteiger partial charge in [-0.3, -0.25) is 4.79 Å². The Hall–Kier alpha value is -0.240. The molecule has 2 nitrogen and oxygen atoms in total. The third-order valence-corrected chi connectivity index (χ3v) is 3.86. The van der Waals surface area contributed by atoms with Crippen LogP contribution in [0.2, 0.25) is 0 Å². The van der Waals surface area contributed by atoms with Crippen LogP contribution in [0.15, 0.2) is 0 Å². The molecule has 106 valence electrons. The summed E-state index contributed by atoms with van der Waals surface area (Å²) in [5.74, 6) is 0.789. The van der Waals surface area contributed by atoms with Crippen molar-refractivity contribution in [2.24, 2.45) is 11.3 Å². The van der Waals surface area contributed by atoms with Crippen LogP contribution in [0.4, 0.5) is 0 Å². The first-order valence-electron chi connectivity index (χ1n) is 7.27. The molecule has 18 heavy (non-hydrogen) atoms. The van der Waals surface area contributed by atoms with Gasteiger partial charge in [-0.2, -0.15) is 0 Å². The van der Waals surface area contributed by atoms with Gasteiger partial charge >= 0.3 is 0 Å². The van der Waals surface area contributed by atoms with Crippen molar-refractivity contribution in [2.75, 3.05) is 6.54 Å². The smallest absolute Gasteiger partial charge is 0.220 e. The maximum atomic E-state index is 11.8. The quantitative estimate of drug-likeness (QED) is 0.750. The largest absolute Gasteiger partial charge is 0.355 e. The van der Waals surface area contributed by atoms with Crippen molar-refractivity contribution in [3.63, 3.8) is 0 Å². The number of halogens is 1. The minimum atomic E-state index is 0.0419. The van der Waals surface area contributed by atoms with Crippen LogP contribution in [0.1, 0.15) is 65.7 Å². The molecule has 1 unspecified atom stereocenters. The third kappa shape index (κ3) is 7.25. The highest BCUT2D eigenvalue weighted by atomic mass is 35.5. The Kier molecular flexibility index (Phi) is 6.48. The van der Waals surface area contributed by atoms with Crippen LogP contribution in [0.25, 0.3) is 0 Å². The predicted molar refractivity (Wildman–Crippen MR) is 77.9 cm³/mol. The molecule has 0 radical (unpaired) electrons. The molecule has 0 spiro atoms. The maximum Gasteiger partial charge on any atom is 0.220 e. The summed E-state index contributed by atoms with van der Waals surface area (Å²) in [5, 5.41) is 3.02. The number of hydrogen-bond donors (Lipinski definition) is 1. The first-order valence-corrected chi connectivity index (χ1v) is 7.71. The Labute approximate surface area is 117 Å². The summed E-state index contributed by atoms with van der Waals surface area (Å²) in [6, 6.07) is 0. The molecule has 1 amide bonds. The van der Waals surface area contributed by atoms with E-state index in [1.807, 2.05) is 0 Å². The van der Waals surface area contributed by atoms with Crippen LogP contribution in [-0.2, 0) is 4.79 Å². The molecule has 0 heterocycles. The van der Waals surface area contributed by atoms with Crippen LogP contribution >= 0.6 is 11.6 Å². The number of carbonyl (C=O) groups is 1. The van der Waals surface area contributed by atoms with Gasteiger partial charge < -0.3 is 5.32 Å². The molecule has 0 saturated heterocycles. The third-order valence-electron chi connectivity index (χ3n) is 3.55. The van der Waals surface area contributed by atoms with Crippen LogP contribution in [-0.4, -0.2) is 17.8 Å². The number of nitrogens with one attached hydrogen (secondary N) is 1. The second-order valence-corrected chi connectivity index (χ2v) is 7.49. The molecule has 1 fully saturated rings. The lowest BCUT2D eigenvalue weighted by molar-refractivity contribution is -0.122. The van der Waals surface area contributed by atoms with Crippen LogP contribution < -0.4 is 5.32 Å². The lowest BCUT2D eigenvalue weighted by Crippen LogP contribution is -2.32. The van der Waals surface area contributed by atoms with E-state index >= 15 is 0 Å². The van der Waals surface area contributed by atoms with E-state index in [9.17, 15) is 4.79 Å². The molecular formula is C15H28ClNO. The SMILES string of the molecule is CC(C)(C)CC(Cl)CNC(=O)CC1CCCCC1. The highest BCUT2D eigenvalue weighted by molar-refractivity contribution is 6.20. The molecule has 1 aliphatic carbocycles. The Morgan fingerprint density at radius 3 is 2.44 bits per heavy atom. The maximum absolute atomic E-state index is 11.8. The molecule has 0 aromatic rings. The Morgan fingerprint density at radius 1 is 1.28 bits per heavy atom. The summed E-state index contributed by atoms with van der Waals surface area (Å²) >= 11 is 6.24. The number of hydrogen-bond acceptors (Lipinski definition) is 1. The molecule has 0 aromatic heterocycles. The van der Waals surface area contributed by atoms with E-state index in [4.69, 9.17) is 11.6 Å². The standard InChI is InChI=1S/C15H28ClNO/c1-15(2,3)10-13(16)11-17-14(18)9-12-7-5-4-6-8-12/h12-13H,4-11H2,1-3H3,(H,17,18). The number of rotatable bonds is 5. The monoisotopic (exact) mass is 273 g/mol. The summed E-state index contributed by atoms with van der Waals surface area (Å²) in [6.07, 6.45) is 7.99. The van der Waals surface area contributed by atoms with Gasteiger partial charge in [0.05, 0.1) is 5.38 Å². The zero-order chi connectivity index (χ0) is 13.6. The van der Waals surface area contributed by atoms with E-state index in [1.54, 1.807) is 0 Å². The lowest BCUT2D eigenvalue weighted by atomic mass is 9.87. The van der Waals surface area contributed by atoms with Gasteiger partial charge in [-0.25, -0.2) is 0 Å². The van der Waals surface area contributed by atoms with Crippen molar-refractivity contribution < 1.29 is 4.79 Å². The summed E-state index contributed by atoms with van der Waals surface area (Å²) in [6.45, 7) is 7.12. The zero-order valence-electron chi connectivity index (χ0n) is 12.1. The predicted octanol–water partition coefficient (Wildman–Crippen LogP) is 4.12. The van der Waals surface area contributed by atoms with Gasteiger partial charge in [0.15, 0.2) is 0 Å². The fourth-order valence-corrected chi connectivity index (χ4v) is 3.23. The van der Waals surface area contributed by atoms with E-state index in [0.29, 0.717) is 18.9 Å². The van der Waals surface area contributed by atoms with Crippen molar-refractivity contribution in [3.05, 3.63) is 0 Å². The minimum Gasteiger partial charge on any atom is -0.355 e. The molecule has 1 N–H and O–H groups in total. The van der Waals surface area contributed by atoms with E-state index in [1.165, 1.54) is 32.1 Å². The Bertz CT molecular complexity index is 254. The van der Waals surface area contributed by atoms with Crippen LogP contribution in [0, 0.1) is 11.3 Å². The molecule has 1 saturated carbocycles. The van der Waals surface area contributed by atoms with E-state index < -0.39 is 0 Å². The fraction of sp³-hybridized carbons (Fsp3) is 0.933. The van der Waals surface area contributed by atoms with Crippen molar-refractivity contribution in [1.29, 1.82) is 0 Å². The summed E-state index contributed by atoms with van der Waals surface area (Å²) in [4.78, 5) is 11.8. The van der Waals surface area contributed by atoms with Crippen LogP contribution in [0.5, 0.6) is 0 Å². The second kappa shape index (κ2) is 7.37. The number of amides is 1. The molecule has 0 aliphatic heterocycles. The topological polar surface area (TPSA) is 29.1 Å². The molecule has 0 aromatic carbocycles. The van der Waals surface area contributed by atoms with Gasteiger partial charge in [0.1, 0.15) is 0 Å². The van der Waals surface area contributed by atoms with Crippen molar-refractivity contribution in [1.82, 2.24) is 5.32 Å². The number of alkyl halides is 1. The van der Waals surface area contributed by atoms with E-state index in [-0.39, 0.29) is 16.7 Å². The average molecular weight is 274 g/mol. The number of carbonyl (C=O) groups excluding carboxylic acids is 1. The molecule has 3 heteroatoms. The van der Waals surface area contributed by atoms with Gasteiger partial charge in [-0.1, -0.05) is 40.0 Å². The molecular weight excluding hydrogens is 246 g/mol. The zero-order valence-corrected chi connectivity index (χ0v) is 12.9. The normalized spacial score (nSPS) is 19.6. The summed E-state index contributed by atoms with van der Waals surface area (Å²) in [7, 11) is 0. The van der Waals surface area contributed by atoms with Gasteiger partial charge in [0.2, 0.25) is 5.91 Å². The van der Waals surface area contributed by atoms with Gasteiger partial charge in [-0.05, 0) is 30.6 Å². The minimum absolute atomic E-state index is 0.0419. The average Bonchev–Trinajstić information content (AvgIpc) is 2.25. The molecule has 1 atom stereocenters. The summed E-state index contributed by atoms with van der Waals surface area (Å²) < 4.78 is 0. The van der Waals surface area contributed by atoms with E-state index in [2.05, 4.69) is 26.1 Å². The first-order chi connectivity index (χ1) is 8.37. The highest BCUT2D eigenvalue weighted by Gasteiger charge is 2.19. The lowest BCUT2D eigenvalue weighted by Gasteiger charge is -2.23. The summed E-state index contributed by atoms with van der Waals surface area (Å²) in [5.41, 5.74) is 0.223. The van der Waals surface area contributed by atoms with E-state index in [0.717, 1.165) is 6.42 Å². The Balaban J connectivity index is 2.16. The van der Waals surface area contributed by atoms with Crippen molar-refractivity contribution in [3.8, 4) is 0 Å². The van der Waals surface area contributed by atoms with Gasteiger partial charge in [-0.15, -0.1) is 11.6 Å². The second-order valence-electron chi connectivity index (χ2n) is 6.87. The molecule has 0 bridgehead atoms. The fourth-order valence-electron chi connectivity index (χ4n) is 2.69. The molecule has 1 aliphatic rings. The van der Waals surface area contributed by atoms with Crippen molar-refractivity contribution in [2.45, 2.75) is 71.1 Å². The van der Waals surface area contributed by atoms with Gasteiger partial charge in [0.25, 0.3) is 0 Å². The van der Waals surface area contributed by atoms with Crippen molar-refractivity contribution >= 4 is 17.5 Å². The Morgan fingerprint density at radius 2 is 1.89 bits per heavy atom. The van der Waals surface area contributed by atoms with Gasteiger partial charge in [0, 0.05) is 13.0 Å². The molecule has 1 rings (SSSR count). The van der Waals surface area contributed by atoms with Crippen LogP contribution in [0.3, 0.4) is 0 Å². The highest BCUT2D eigenvalue weighted by Crippen LogP contribution is 2.26.